The minimum absolute atomic E-state index is 0.0841. The molecule has 2 aliphatic carbocycles. The summed E-state index contributed by atoms with van der Waals surface area (Å²) in [5.74, 6) is 0.345. The van der Waals surface area contributed by atoms with E-state index in [2.05, 4.69) is 29.0 Å². The molecule has 3 fully saturated rings. The molecule has 0 aromatic rings. The van der Waals surface area contributed by atoms with Crippen molar-refractivity contribution in [3.63, 3.8) is 0 Å². The van der Waals surface area contributed by atoms with Crippen LogP contribution in [0.2, 0.25) is 0 Å². The zero-order chi connectivity index (χ0) is 19.3. The number of nitrogens with one attached hydrogen (secondary N) is 1. The summed E-state index contributed by atoms with van der Waals surface area (Å²) in [5, 5.41) is 4.54. The van der Waals surface area contributed by atoms with Crippen molar-refractivity contribution in [2.45, 2.75) is 71.3 Å². The normalized spacial score (nSPS) is 26.4. The van der Waals surface area contributed by atoms with E-state index in [1.807, 2.05) is 0 Å². The van der Waals surface area contributed by atoms with Crippen molar-refractivity contribution in [1.82, 2.24) is 15.1 Å². The van der Waals surface area contributed by atoms with Gasteiger partial charge in [0.25, 0.3) is 0 Å². The van der Waals surface area contributed by atoms with Crippen molar-refractivity contribution in [3.8, 4) is 0 Å². The van der Waals surface area contributed by atoms with E-state index in [0.717, 1.165) is 56.5 Å². The first-order valence-electron chi connectivity index (χ1n) is 10.7. The highest BCUT2D eigenvalue weighted by molar-refractivity contribution is 7.80. The van der Waals surface area contributed by atoms with E-state index >= 15 is 0 Å². The Kier molecular flexibility index (Phi) is 7.26. The molecule has 5 nitrogen and oxygen atoms in total. The fraction of sp³-hybridized carbons (Fsp3) is 0.857. The van der Waals surface area contributed by atoms with Crippen LogP contribution >= 0.6 is 12.2 Å². The number of carbonyl (C=O) groups is 1. The molecular weight excluding hydrogens is 356 g/mol. The van der Waals surface area contributed by atoms with Crippen LogP contribution in [0.4, 0.5) is 0 Å². The van der Waals surface area contributed by atoms with Crippen molar-refractivity contribution in [3.05, 3.63) is 0 Å². The third-order valence-electron chi connectivity index (χ3n) is 6.10. The minimum atomic E-state index is 0.0841. The van der Waals surface area contributed by atoms with Gasteiger partial charge in [0.2, 0.25) is 0 Å². The lowest BCUT2D eigenvalue weighted by molar-refractivity contribution is -0.120. The Morgan fingerprint density at radius 2 is 1.85 bits per heavy atom. The van der Waals surface area contributed by atoms with Gasteiger partial charge >= 0.3 is 0 Å². The van der Waals surface area contributed by atoms with E-state index in [-0.39, 0.29) is 5.41 Å². The standard InChI is InChI=1S/C21H36N4OS/c1-21(2)15-18(14-19(26)16-21)22-8-9-24-10-12-25(13-11-24)20(27)23-17-6-4-3-5-7-17/h17H,3-16H2,1-2H3,(H,23,27). The van der Waals surface area contributed by atoms with Crippen LogP contribution in [0.25, 0.3) is 0 Å². The second-order valence-electron chi connectivity index (χ2n) is 9.29. The summed E-state index contributed by atoms with van der Waals surface area (Å²) in [7, 11) is 0. The average Bonchev–Trinajstić information content (AvgIpc) is 2.61. The first kappa shape index (κ1) is 20.7. The Labute approximate surface area is 170 Å². The van der Waals surface area contributed by atoms with Gasteiger partial charge in [-0.15, -0.1) is 0 Å². The number of carbonyl (C=O) groups excluding carboxylic acids is 1. The van der Waals surface area contributed by atoms with Crippen LogP contribution in [0.1, 0.15) is 65.2 Å². The van der Waals surface area contributed by atoms with Gasteiger partial charge in [-0.25, -0.2) is 0 Å². The molecule has 27 heavy (non-hydrogen) atoms. The molecule has 1 N–H and O–H groups in total. The van der Waals surface area contributed by atoms with Gasteiger partial charge in [0.05, 0.1) is 6.54 Å². The highest BCUT2D eigenvalue weighted by atomic mass is 32.1. The molecule has 0 atom stereocenters. The molecule has 1 aliphatic heterocycles. The van der Waals surface area contributed by atoms with Crippen molar-refractivity contribution in [2.75, 3.05) is 39.3 Å². The van der Waals surface area contributed by atoms with Crippen LogP contribution in [-0.2, 0) is 4.79 Å². The molecular formula is C21H36N4OS. The number of Topliss-reactive ketones (excluding diaryl/α,β-unsaturated/α-hetero) is 1. The van der Waals surface area contributed by atoms with Crippen LogP contribution < -0.4 is 5.32 Å². The van der Waals surface area contributed by atoms with Crippen molar-refractivity contribution in [1.29, 1.82) is 0 Å². The molecule has 0 aromatic heterocycles. The van der Waals surface area contributed by atoms with E-state index in [9.17, 15) is 4.79 Å². The molecule has 6 heteroatoms. The summed E-state index contributed by atoms with van der Waals surface area (Å²) in [6.07, 6.45) is 8.80. The summed E-state index contributed by atoms with van der Waals surface area (Å²) in [6, 6.07) is 0.586. The maximum atomic E-state index is 11.9. The SMILES string of the molecule is CC1(C)CC(=O)CC(=NCCN2CCN(C(=S)NC3CCCCC3)CC2)C1. The number of aliphatic imine (C=N–C) groups is 1. The van der Waals surface area contributed by atoms with Crippen molar-refractivity contribution >= 4 is 28.8 Å². The smallest absolute Gasteiger partial charge is 0.169 e. The molecule has 1 saturated heterocycles. The van der Waals surface area contributed by atoms with E-state index in [4.69, 9.17) is 17.2 Å². The van der Waals surface area contributed by atoms with Gasteiger partial charge in [-0.3, -0.25) is 14.7 Å². The molecule has 0 spiro atoms. The number of rotatable bonds is 4. The van der Waals surface area contributed by atoms with Gasteiger partial charge in [0.15, 0.2) is 5.11 Å². The highest BCUT2D eigenvalue weighted by Crippen LogP contribution is 2.31. The fourth-order valence-corrected chi connectivity index (χ4v) is 5.00. The van der Waals surface area contributed by atoms with Crippen molar-refractivity contribution < 1.29 is 4.79 Å². The number of piperazine rings is 1. The Balaban J connectivity index is 1.36. The lowest BCUT2D eigenvalue weighted by Gasteiger charge is -2.37. The number of hydrogen-bond donors (Lipinski definition) is 1. The number of nitrogens with zero attached hydrogens (tertiary/aromatic N) is 3. The average molecular weight is 393 g/mol. The molecule has 3 rings (SSSR count). The van der Waals surface area contributed by atoms with Gasteiger partial charge in [0.1, 0.15) is 5.78 Å². The lowest BCUT2D eigenvalue weighted by Crippen LogP contribution is -2.53. The molecule has 2 saturated carbocycles. The molecule has 0 bridgehead atoms. The molecule has 0 aromatic carbocycles. The first-order chi connectivity index (χ1) is 12.9. The zero-order valence-corrected chi connectivity index (χ0v) is 18.0. The van der Waals surface area contributed by atoms with Gasteiger partial charge in [0, 0.05) is 57.3 Å². The Hall–Kier alpha value is -1.01. The van der Waals surface area contributed by atoms with Gasteiger partial charge in [-0.1, -0.05) is 33.1 Å². The summed E-state index contributed by atoms with van der Waals surface area (Å²) in [4.78, 5) is 21.4. The number of ketones is 1. The molecule has 0 amide bonds. The molecule has 1 heterocycles. The topological polar surface area (TPSA) is 47.9 Å². The maximum Gasteiger partial charge on any atom is 0.169 e. The van der Waals surface area contributed by atoms with E-state index in [1.165, 1.54) is 32.1 Å². The Bertz CT molecular complexity index is 561. The fourth-order valence-electron chi connectivity index (χ4n) is 4.65. The monoisotopic (exact) mass is 392 g/mol. The highest BCUT2D eigenvalue weighted by Gasteiger charge is 2.30. The minimum Gasteiger partial charge on any atom is -0.360 e. The lowest BCUT2D eigenvalue weighted by atomic mass is 9.76. The van der Waals surface area contributed by atoms with E-state index in [0.29, 0.717) is 24.7 Å². The Morgan fingerprint density at radius 1 is 1.15 bits per heavy atom. The van der Waals surface area contributed by atoms with Gasteiger partial charge in [-0.05, 0) is 36.9 Å². The van der Waals surface area contributed by atoms with Gasteiger partial charge < -0.3 is 10.2 Å². The second-order valence-corrected chi connectivity index (χ2v) is 9.68. The summed E-state index contributed by atoms with van der Waals surface area (Å²) in [5.41, 5.74) is 1.19. The maximum absolute atomic E-state index is 11.9. The summed E-state index contributed by atoms with van der Waals surface area (Å²) < 4.78 is 0. The first-order valence-corrected chi connectivity index (χ1v) is 11.1. The van der Waals surface area contributed by atoms with E-state index in [1.54, 1.807) is 0 Å². The predicted molar refractivity (Wildman–Crippen MR) is 116 cm³/mol. The molecule has 0 unspecified atom stereocenters. The number of hydrogen-bond acceptors (Lipinski definition) is 4. The molecule has 3 aliphatic rings. The van der Waals surface area contributed by atoms with Gasteiger partial charge in [-0.2, -0.15) is 0 Å². The van der Waals surface area contributed by atoms with Crippen LogP contribution in [-0.4, -0.2) is 71.7 Å². The number of thiocarbonyl (C=S) groups is 1. The van der Waals surface area contributed by atoms with E-state index < -0.39 is 0 Å². The van der Waals surface area contributed by atoms with Crippen LogP contribution in [0.5, 0.6) is 0 Å². The second kappa shape index (κ2) is 9.46. The summed E-state index contributed by atoms with van der Waals surface area (Å²) >= 11 is 5.64. The third kappa shape index (κ3) is 6.53. The third-order valence-corrected chi connectivity index (χ3v) is 6.48. The Morgan fingerprint density at radius 3 is 2.52 bits per heavy atom. The zero-order valence-electron chi connectivity index (χ0n) is 17.1. The van der Waals surface area contributed by atoms with Crippen molar-refractivity contribution in [2.24, 2.45) is 10.4 Å². The van der Waals surface area contributed by atoms with Crippen LogP contribution in [0.3, 0.4) is 0 Å². The molecule has 152 valence electrons. The largest absolute Gasteiger partial charge is 0.360 e. The summed E-state index contributed by atoms with van der Waals surface area (Å²) in [6.45, 7) is 10.2. The quantitative estimate of drug-likeness (QED) is 0.745. The predicted octanol–water partition coefficient (Wildman–Crippen LogP) is 3.03. The molecule has 0 radical (unpaired) electrons. The van der Waals surface area contributed by atoms with Crippen LogP contribution in [0, 0.1) is 5.41 Å². The van der Waals surface area contributed by atoms with Crippen LogP contribution in [0.15, 0.2) is 4.99 Å².